The lowest BCUT2D eigenvalue weighted by Crippen LogP contribution is -1.94. The maximum Gasteiger partial charge on any atom is 0.330 e. The summed E-state index contributed by atoms with van der Waals surface area (Å²) in [4.78, 5) is 11.1. The highest BCUT2D eigenvalue weighted by Crippen LogP contribution is 2.23. The highest BCUT2D eigenvalue weighted by atomic mass is 19.1. The lowest BCUT2D eigenvalue weighted by atomic mass is 10.1. The normalized spacial score (nSPS) is 13.8. The van der Waals surface area contributed by atoms with Gasteiger partial charge in [-0.15, -0.1) is 0 Å². The van der Waals surface area contributed by atoms with Crippen LogP contribution in [0.2, 0.25) is 0 Å². The van der Waals surface area contributed by atoms with Gasteiger partial charge >= 0.3 is 5.97 Å². The van der Waals surface area contributed by atoms with Crippen LogP contribution in [0.15, 0.2) is 45.7 Å². The zero-order chi connectivity index (χ0) is 17.6. The van der Waals surface area contributed by atoms with Crippen molar-refractivity contribution in [2.45, 2.75) is 34.6 Å². The van der Waals surface area contributed by atoms with Gasteiger partial charge in [0.05, 0.1) is 7.11 Å². The molecule has 124 valence electrons. The average molecular weight is 318 g/mol. The Bertz CT molecular complexity index is 700. The molecule has 0 saturated heterocycles. The summed E-state index contributed by atoms with van der Waals surface area (Å²) in [6, 6.07) is 0. The van der Waals surface area contributed by atoms with E-state index in [1.165, 1.54) is 25.3 Å². The fourth-order valence-electron chi connectivity index (χ4n) is 1.97. The molecule has 0 saturated carbocycles. The molecular formula is C19H23FO3. The molecule has 1 rings (SSSR count). The van der Waals surface area contributed by atoms with Crippen LogP contribution in [-0.2, 0) is 9.53 Å². The molecule has 3 nitrogen and oxygen atoms in total. The van der Waals surface area contributed by atoms with Gasteiger partial charge in [0.2, 0.25) is 0 Å². The van der Waals surface area contributed by atoms with Gasteiger partial charge in [-0.1, -0.05) is 18.2 Å². The van der Waals surface area contributed by atoms with E-state index in [0.717, 1.165) is 22.6 Å². The van der Waals surface area contributed by atoms with Crippen LogP contribution in [0.3, 0.4) is 0 Å². The molecule has 0 aliphatic carbocycles. The third-order valence-electron chi connectivity index (χ3n) is 3.53. The number of furan rings is 1. The molecule has 0 unspecified atom stereocenters. The van der Waals surface area contributed by atoms with E-state index in [4.69, 9.17) is 4.42 Å². The number of aryl methyl sites for hydroxylation is 2. The molecule has 0 bridgehead atoms. The standard InChI is InChI=1S/C19H23FO3/c1-12(11-19(21)22-6)7-10-18(20)13(2)8-9-17-14(3)15(4)23-16(17)5/h7-11H,1-6H3. The van der Waals surface area contributed by atoms with Crippen LogP contribution in [0.25, 0.3) is 6.08 Å². The first-order valence-corrected chi connectivity index (χ1v) is 7.31. The molecule has 0 aromatic carbocycles. The van der Waals surface area contributed by atoms with E-state index >= 15 is 0 Å². The molecule has 1 aromatic heterocycles. The molecule has 23 heavy (non-hydrogen) atoms. The van der Waals surface area contributed by atoms with Crippen molar-refractivity contribution in [1.29, 1.82) is 0 Å². The van der Waals surface area contributed by atoms with E-state index < -0.39 is 5.97 Å². The largest absolute Gasteiger partial charge is 0.466 e. The summed E-state index contributed by atoms with van der Waals surface area (Å²) in [5.41, 5.74) is 3.13. The molecule has 4 heteroatoms. The third-order valence-corrected chi connectivity index (χ3v) is 3.53. The van der Waals surface area contributed by atoms with Crippen molar-refractivity contribution in [3.8, 4) is 0 Å². The van der Waals surface area contributed by atoms with Crippen LogP contribution in [0.4, 0.5) is 4.39 Å². The summed E-state index contributed by atoms with van der Waals surface area (Å²) in [6.07, 6.45) is 7.72. The lowest BCUT2D eigenvalue weighted by Gasteiger charge is -1.97. The molecule has 0 aliphatic heterocycles. The Morgan fingerprint density at radius 2 is 1.74 bits per heavy atom. The number of carbonyl (C=O) groups excluding carboxylic acids is 1. The Labute approximate surface area is 136 Å². The summed E-state index contributed by atoms with van der Waals surface area (Å²) < 4.78 is 24.1. The number of rotatable bonds is 5. The number of ether oxygens (including phenoxy) is 1. The Morgan fingerprint density at radius 1 is 1.09 bits per heavy atom. The van der Waals surface area contributed by atoms with Crippen LogP contribution in [-0.4, -0.2) is 13.1 Å². The van der Waals surface area contributed by atoms with Crippen LogP contribution < -0.4 is 0 Å². The Balaban J connectivity index is 2.91. The van der Waals surface area contributed by atoms with E-state index in [0.29, 0.717) is 11.1 Å². The van der Waals surface area contributed by atoms with Gasteiger partial charge in [0.25, 0.3) is 0 Å². The summed E-state index contributed by atoms with van der Waals surface area (Å²) in [5.74, 6) is 0.855. The Kier molecular flexibility index (Phi) is 6.76. The second-order valence-corrected chi connectivity index (χ2v) is 5.36. The van der Waals surface area contributed by atoms with Gasteiger partial charge in [0.1, 0.15) is 17.3 Å². The second kappa shape index (κ2) is 8.32. The quantitative estimate of drug-likeness (QED) is 0.429. The van der Waals surface area contributed by atoms with Gasteiger partial charge < -0.3 is 9.15 Å². The van der Waals surface area contributed by atoms with Crippen molar-refractivity contribution in [3.63, 3.8) is 0 Å². The number of allylic oxidation sites excluding steroid dienone is 6. The predicted molar refractivity (Wildman–Crippen MR) is 90.7 cm³/mol. The van der Waals surface area contributed by atoms with E-state index in [9.17, 15) is 9.18 Å². The third kappa shape index (κ3) is 5.40. The molecule has 0 spiro atoms. The molecule has 0 N–H and O–H groups in total. The zero-order valence-corrected chi connectivity index (χ0v) is 14.5. The number of methoxy groups -OCH3 is 1. The van der Waals surface area contributed by atoms with Crippen molar-refractivity contribution >= 4 is 12.0 Å². The molecule has 0 radical (unpaired) electrons. The number of carbonyl (C=O) groups is 1. The monoisotopic (exact) mass is 318 g/mol. The summed E-state index contributed by atoms with van der Waals surface area (Å²) in [7, 11) is 1.30. The minimum absolute atomic E-state index is 0.366. The maximum absolute atomic E-state index is 14.1. The van der Waals surface area contributed by atoms with Gasteiger partial charge in [-0.25, -0.2) is 9.18 Å². The molecular weight excluding hydrogens is 295 g/mol. The van der Waals surface area contributed by atoms with Crippen molar-refractivity contribution in [1.82, 2.24) is 0 Å². The number of halogens is 1. The lowest BCUT2D eigenvalue weighted by molar-refractivity contribution is -0.134. The van der Waals surface area contributed by atoms with Crippen molar-refractivity contribution in [2.24, 2.45) is 0 Å². The van der Waals surface area contributed by atoms with Crippen LogP contribution in [0, 0.1) is 20.8 Å². The van der Waals surface area contributed by atoms with E-state index in [2.05, 4.69) is 4.74 Å². The Morgan fingerprint density at radius 3 is 2.26 bits per heavy atom. The van der Waals surface area contributed by atoms with Crippen molar-refractivity contribution in [3.05, 3.63) is 63.9 Å². The van der Waals surface area contributed by atoms with Gasteiger partial charge in [-0.3, -0.25) is 0 Å². The molecule has 0 atom stereocenters. The van der Waals surface area contributed by atoms with Gasteiger partial charge in [-0.05, 0) is 57.4 Å². The van der Waals surface area contributed by atoms with Gasteiger partial charge in [0, 0.05) is 11.6 Å². The predicted octanol–water partition coefficient (Wildman–Crippen LogP) is 5.14. The SMILES string of the molecule is COC(=O)C=C(C)C=CC(F)=C(C)C=Cc1c(C)oc(C)c1C. The van der Waals surface area contributed by atoms with Gasteiger partial charge in [-0.2, -0.15) is 0 Å². The maximum atomic E-state index is 14.1. The smallest absolute Gasteiger partial charge is 0.330 e. The van der Waals surface area contributed by atoms with E-state index in [1.54, 1.807) is 19.9 Å². The first-order chi connectivity index (χ1) is 10.8. The van der Waals surface area contributed by atoms with Crippen molar-refractivity contribution in [2.75, 3.05) is 7.11 Å². The fourth-order valence-corrected chi connectivity index (χ4v) is 1.97. The topological polar surface area (TPSA) is 39.4 Å². The summed E-state index contributed by atoms with van der Waals surface area (Å²) >= 11 is 0. The highest BCUT2D eigenvalue weighted by Gasteiger charge is 2.07. The molecule has 0 amide bonds. The number of hydrogen-bond donors (Lipinski definition) is 0. The van der Waals surface area contributed by atoms with Crippen LogP contribution in [0.1, 0.15) is 36.5 Å². The highest BCUT2D eigenvalue weighted by molar-refractivity contribution is 5.83. The summed E-state index contributed by atoms with van der Waals surface area (Å²) in [6.45, 7) is 9.15. The van der Waals surface area contributed by atoms with Crippen LogP contribution >= 0.6 is 0 Å². The first-order valence-electron chi connectivity index (χ1n) is 7.31. The number of esters is 1. The first kappa shape index (κ1) is 18.7. The molecule has 1 heterocycles. The average Bonchev–Trinajstić information content (AvgIpc) is 2.75. The Hall–Kier alpha value is -2.36. The molecule has 0 aliphatic rings. The molecule has 1 aromatic rings. The molecule has 0 fully saturated rings. The number of hydrogen-bond acceptors (Lipinski definition) is 3. The second-order valence-electron chi connectivity index (χ2n) is 5.36. The van der Waals surface area contributed by atoms with E-state index in [1.807, 2.05) is 26.8 Å². The minimum atomic E-state index is -0.463. The fraction of sp³-hybridized carbons (Fsp3) is 0.316. The zero-order valence-electron chi connectivity index (χ0n) is 14.5. The van der Waals surface area contributed by atoms with Crippen LogP contribution in [0.5, 0.6) is 0 Å². The minimum Gasteiger partial charge on any atom is -0.466 e. The van der Waals surface area contributed by atoms with E-state index in [-0.39, 0.29) is 5.83 Å². The summed E-state index contributed by atoms with van der Waals surface area (Å²) in [5, 5.41) is 0. The van der Waals surface area contributed by atoms with Gasteiger partial charge in [0.15, 0.2) is 0 Å². The van der Waals surface area contributed by atoms with Crippen molar-refractivity contribution < 1.29 is 18.3 Å².